The predicted molar refractivity (Wildman–Crippen MR) is 83.9 cm³/mol. The number of nitrogens with zero attached hydrogens (tertiary/aromatic N) is 3. The second kappa shape index (κ2) is 5.25. The van der Waals surface area contributed by atoms with Gasteiger partial charge in [0.2, 0.25) is 0 Å². The first-order chi connectivity index (χ1) is 9.65. The lowest BCUT2D eigenvalue weighted by atomic mass is 10.0. The van der Waals surface area contributed by atoms with E-state index in [4.69, 9.17) is 0 Å². The van der Waals surface area contributed by atoms with Crippen molar-refractivity contribution in [2.24, 2.45) is 0 Å². The molecule has 0 aliphatic carbocycles. The van der Waals surface area contributed by atoms with Gasteiger partial charge in [0.25, 0.3) is 0 Å². The number of nitrogens with one attached hydrogen (secondary N) is 1. The Morgan fingerprint density at radius 3 is 2.90 bits per heavy atom. The van der Waals surface area contributed by atoms with Crippen molar-refractivity contribution < 1.29 is 0 Å². The summed E-state index contributed by atoms with van der Waals surface area (Å²) < 4.78 is 2.73. The van der Waals surface area contributed by atoms with Crippen molar-refractivity contribution in [3.05, 3.63) is 58.6 Å². The number of hydrogen-bond acceptors (Lipinski definition) is 3. The standard InChI is InChI=1S/C15H15BrN4/c1-10-5-3-4-6-12(10)11(2)18-14-15-17-7-8-20(15)9-13(16)19-14/h3-9,11H,1-2H3,(H,18,19). The van der Waals surface area contributed by atoms with Gasteiger partial charge in [0, 0.05) is 18.6 Å². The van der Waals surface area contributed by atoms with Crippen LogP contribution >= 0.6 is 15.9 Å². The summed E-state index contributed by atoms with van der Waals surface area (Å²) in [4.78, 5) is 8.84. The fraction of sp³-hybridized carbons (Fsp3) is 0.200. The SMILES string of the molecule is Cc1ccccc1C(C)Nc1nc(Br)cn2ccnc12. The zero-order chi connectivity index (χ0) is 14.1. The first kappa shape index (κ1) is 13.1. The number of aromatic nitrogens is 3. The van der Waals surface area contributed by atoms with Crippen molar-refractivity contribution in [3.63, 3.8) is 0 Å². The van der Waals surface area contributed by atoms with Gasteiger partial charge in [0.1, 0.15) is 4.60 Å². The molecule has 2 heterocycles. The topological polar surface area (TPSA) is 42.2 Å². The number of benzene rings is 1. The summed E-state index contributed by atoms with van der Waals surface area (Å²) in [5.74, 6) is 0.778. The Labute approximate surface area is 126 Å². The highest BCUT2D eigenvalue weighted by molar-refractivity contribution is 9.10. The minimum atomic E-state index is 0.165. The molecular formula is C15H15BrN4. The zero-order valence-electron chi connectivity index (χ0n) is 11.3. The molecule has 1 aromatic carbocycles. The van der Waals surface area contributed by atoms with Crippen molar-refractivity contribution in [1.82, 2.24) is 14.4 Å². The molecule has 0 amide bonds. The Morgan fingerprint density at radius 2 is 2.10 bits per heavy atom. The van der Waals surface area contributed by atoms with E-state index in [2.05, 4.69) is 69.3 Å². The molecule has 20 heavy (non-hydrogen) atoms. The van der Waals surface area contributed by atoms with E-state index in [1.54, 1.807) is 6.20 Å². The van der Waals surface area contributed by atoms with E-state index in [1.807, 2.05) is 16.8 Å². The Hall–Kier alpha value is -1.88. The van der Waals surface area contributed by atoms with Crippen LogP contribution in [0.1, 0.15) is 24.1 Å². The van der Waals surface area contributed by atoms with Crippen LogP contribution in [0.15, 0.2) is 47.5 Å². The summed E-state index contributed by atoms with van der Waals surface area (Å²) in [6.07, 6.45) is 5.57. The lowest BCUT2D eigenvalue weighted by molar-refractivity contribution is 0.861. The third-order valence-corrected chi connectivity index (χ3v) is 3.73. The van der Waals surface area contributed by atoms with Gasteiger partial charge in [0.15, 0.2) is 11.5 Å². The van der Waals surface area contributed by atoms with Gasteiger partial charge in [-0.1, -0.05) is 24.3 Å². The number of anilines is 1. The highest BCUT2D eigenvalue weighted by atomic mass is 79.9. The summed E-state index contributed by atoms with van der Waals surface area (Å²) in [6.45, 7) is 4.25. The predicted octanol–water partition coefficient (Wildman–Crippen LogP) is 3.97. The molecular weight excluding hydrogens is 316 g/mol. The molecule has 3 rings (SSSR count). The molecule has 102 valence electrons. The van der Waals surface area contributed by atoms with Gasteiger partial charge < -0.3 is 9.72 Å². The fourth-order valence-electron chi connectivity index (χ4n) is 2.35. The maximum atomic E-state index is 4.49. The summed E-state index contributed by atoms with van der Waals surface area (Å²) in [5.41, 5.74) is 3.36. The normalized spacial score (nSPS) is 12.6. The summed E-state index contributed by atoms with van der Waals surface area (Å²) in [5, 5.41) is 3.44. The quantitative estimate of drug-likeness (QED) is 0.789. The molecule has 5 heteroatoms. The maximum Gasteiger partial charge on any atom is 0.180 e. The summed E-state index contributed by atoms with van der Waals surface area (Å²) in [7, 11) is 0. The van der Waals surface area contributed by atoms with Crippen molar-refractivity contribution >= 4 is 27.4 Å². The lowest BCUT2D eigenvalue weighted by Gasteiger charge is -2.17. The molecule has 0 radical (unpaired) electrons. The maximum absolute atomic E-state index is 4.49. The third kappa shape index (κ3) is 2.41. The average molecular weight is 331 g/mol. The molecule has 0 spiro atoms. The molecule has 2 aromatic heterocycles. The molecule has 1 unspecified atom stereocenters. The molecule has 0 saturated heterocycles. The van der Waals surface area contributed by atoms with Crippen LogP contribution in [-0.4, -0.2) is 14.4 Å². The van der Waals surface area contributed by atoms with Crippen LogP contribution in [0, 0.1) is 6.92 Å². The minimum absolute atomic E-state index is 0.165. The van der Waals surface area contributed by atoms with Crippen LogP contribution in [-0.2, 0) is 0 Å². The second-order valence-electron chi connectivity index (χ2n) is 4.79. The number of aryl methyl sites for hydroxylation is 1. The van der Waals surface area contributed by atoms with Crippen LogP contribution in [0.25, 0.3) is 5.65 Å². The van der Waals surface area contributed by atoms with Crippen LogP contribution in [0.3, 0.4) is 0 Å². The molecule has 1 atom stereocenters. The third-order valence-electron chi connectivity index (χ3n) is 3.35. The molecule has 0 bridgehead atoms. The molecule has 1 N–H and O–H groups in total. The van der Waals surface area contributed by atoms with Gasteiger partial charge >= 0.3 is 0 Å². The number of rotatable bonds is 3. The molecule has 0 aliphatic rings. The van der Waals surface area contributed by atoms with Gasteiger partial charge in [-0.05, 0) is 40.9 Å². The summed E-state index contributed by atoms with van der Waals surface area (Å²) in [6, 6.07) is 8.52. The van der Waals surface area contributed by atoms with Crippen LogP contribution in [0.5, 0.6) is 0 Å². The van der Waals surface area contributed by atoms with E-state index >= 15 is 0 Å². The average Bonchev–Trinajstić information content (AvgIpc) is 2.87. The Balaban J connectivity index is 1.97. The first-order valence-corrected chi connectivity index (χ1v) is 7.26. The van der Waals surface area contributed by atoms with Gasteiger partial charge in [-0.3, -0.25) is 0 Å². The lowest BCUT2D eigenvalue weighted by Crippen LogP contribution is -2.10. The Bertz CT molecular complexity index is 750. The van der Waals surface area contributed by atoms with E-state index in [0.717, 1.165) is 16.1 Å². The molecule has 0 aliphatic heterocycles. The minimum Gasteiger partial charge on any atom is -0.360 e. The van der Waals surface area contributed by atoms with E-state index in [1.165, 1.54) is 11.1 Å². The van der Waals surface area contributed by atoms with Crippen molar-refractivity contribution in [2.75, 3.05) is 5.32 Å². The molecule has 3 aromatic rings. The van der Waals surface area contributed by atoms with E-state index in [0.29, 0.717) is 0 Å². The van der Waals surface area contributed by atoms with Gasteiger partial charge in [0.05, 0.1) is 6.04 Å². The second-order valence-corrected chi connectivity index (χ2v) is 5.61. The van der Waals surface area contributed by atoms with Crippen LogP contribution in [0.2, 0.25) is 0 Å². The van der Waals surface area contributed by atoms with Gasteiger partial charge in [-0.15, -0.1) is 0 Å². The van der Waals surface area contributed by atoms with Crippen molar-refractivity contribution in [3.8, 4) is 0 Å². The molecule has 4 nitrogen and oxygen atoms in total. The highest BCUT2D eigenvalue weighted by Crippen LogP contribution is 2.24. The van der Waals surface area contributed by atoms with Gasteiger partial charge in [-0.25, -0.2) is 9.97 Å². The number of fused-ring (bicyclic) bond motifs is 1. The Morgan fingerprint density at radius 1 is 1.30 bits per heavy atom. The highest BCUT2D eigenvalue weighted by Gasteiger charge is 2.12. The van der Waals surface area contributed by atoms with E-state index < -0.39 is 0 Å². The smallest absolute Gasteiger partial charge is 0.180 e. The van der Waals surface area contributed by atoms with E-state index in [-0.39, 0.29) is 6.04 Å². The Kier molecular flexibility index (Phi) is 3.44. The number of hydrogen-bond donors (Lipinski definition) is 1. The fourth-order valence-corrected chi connectivity index (χ4v) is 2.75. The molecule has 0 fully saturated rings. The number of halogens is 1. The number of imidazole rings is 1. The van der Waals surface area contributed by atoms with Crippen LogP contribution in [0.4, 0.5) is 5.82 Å². The zero-order valence-corrected chi connectivity index (χ0v) is 12.9. The van der Waals surface area contributed by atoms with Crippen LogP contribution < -0.4 is 5.32 Å². The first-order valence-electron chi connectivity index (χ1n) is 6.46. The van der Waals surface area contributed by atoms with Crippen molar-refractivity contribution in [2.45, 2.75) is 19.9 Å². The van der Waals surface area contributed by atoms with Gasteiger partial charge in [-0.2, -0.15) is 0 Å². The monoisotopic (exact) mass is 330 g/mol. The summed E-state index contributed by atoms with van der Waals surface area (Å²) >= 11 is 3.43. The van der Waals surface area contributed by atoms with E-state index in [9.17, 15) is 0 Å². The van der Waals surface area contributed by atoms with Crippen molar-refractivity contribution in [1.29, 1.82) is 0 Å². The largest absolute Gasteiger partial charge is 0.360 e. The molecule has 0 saturated carbocycles.